The number of fused-ring (bicyclic) bond motifs is 1. The van der Waals surface area contributed by atoms with Gasteiger partial charge in [0.25, 0.3) is 0 Å². The van der Waals surface area contributed by atoms with Crippen LogP contribution in [0.25, 0.3) is 10.8 Å². The second-order valence-electron chi connectivity index (χ2n) is 7.92. The van der Waals surface area contributed by atoms with Crippen molar-refractivity contribution < 1.29 is 9.53 Å². The molecule has 1 aliphatic rings. The SMILES string of the molecule is COC(=O)c1cnc(N2CCN(c3nnc(Cc4ccccc4)c4ccccc34)CC2)nc1. The predicted octanol–water partition coefficient (Wildman–Crippen LogP) is 3.12. The second kappa shape index (κ2) is 9.20. The summed E-state index contributed by atoms with van der Waals surface area (Å²) in [5.74, 6) is 1.08. The maximum atomic E-state index is 11.6. The minimum atomic E-state index is -0.437. The first-order valence-corrected chi connectivity index (χ1v) is 10.9. The van der Waals surface area contributed by atoms with Gasteiger partial charge in [-0.25, -0.2) is 14.8 Å². The van der Waals surface area contributed by atoms with Crippen LogP contribution in [-0.4, -0.2) is 59.4 Å². The Kier molecular flexibility index (Phi) is 5.80. The van der Waals surface area contributed by atoms with Crippen LogP contribution in [-0.2, 0) is 11.2 Å². The van der Waals surface area contributed by atoms with Crippen molar-refractivity contribution in [1.82, 2.24) is 20.2 Å². The van der Waals surface area contributed by atoms with E-state index in [1.807, 2.05) is 24.3 Å². The van der Waals surface area contributed by atoms with Gasteiger partial charge in [-0.2, -0.15) is 5.10 Å². The lowest BCUT2D eigenvalue weighted by atomic mass is 10.0. The fourth-order valence-corrected chi connectivity index (χ4v) is 4.12. The van der Waals surface area contributed by atoms with Crippen LogP contribution in [0.1, 0.15) is 21.6 Å². The zero-order valence-electron chi connectivity index (χ0n) is 18.4. The number of ether oxygens (including phenoxy) is 1. The van der Waals surface area contributed by atoms with Crippen LogP contribution in [0.3, 0.4) is 0 Å². The molecule has 0 atom stereocenters. The van der Waals surface area contributed by atoms with E-state index < -0.39 is 5.97 Å². The van der Waals surface area contributed by atoms with Crippen molar-refractivity contribution in [3.63, 3.8) is 0 Å². The van der Waals surface area contributed by atoms with Crippen molar-refractivity contribution in [2.75, 3.05) is 43.1 Å². The molecule has 0 spiro atoms. The van der Waals surface area contributed by atoms with Crippen LogP contribution in [0.4, 0.5) is 11.8 Å². The largest absolute Gasteiger partial charge is 0.465 e. The molecule has 2 aromatic carbocycles. The molecule has 0 amide bonds. The Labute approximate surface area is 191 Å². The van der Waals surface area contributed by atoms with Gasteiger partial charge in [0.1, 0.15) is 0 Å². The fraction of sp³-hybridized carbons (Fsp3) is 0.240. The van der Waals surface area contributed by atoms with E-state index in [1.165, 1.54) is 25.1 Å². The molecule has 1 fully saturated rings. The quantitative estimate of drug-likeness (QED) is 0.438. The molecular formula is C25H24N6O2. The number of methoxy groups -OCH3 is 1. The number of carbonyl (C=O) groups is 1. The van der Waals surface area contributed by atoms with Crippen LogP contribution in [0.5, 0.6) is 0 Å². The Morgan fingerprint density at radius 3 is 2.18 bits per heavy atom. The van der Waals surface area contributed by atoms with Gasteiger partial charge in [-0.3, -0.25) is 0 Å². The van der Waals surface area contributed by atoms with E-state index in [-0.39, 0.29) is 0 Å². The van der Waals surface area contributed by atoms with Gasteiger partial charge in [0.2, 0.25) is 5.95 Å². The van der Waals surface area contributed by atoms with Crippen molar-refractivity contribution >= 4 is 28.5 Å². The molecule has 1 saturated heterocycles. The van der Waals surface area contributed by atoms with Crippen molar-refractivity contribution in [2.45, 2.75) is 6.42 Å². The third-order valence-electron chi connectivity index (χ3n) is 5.88. The van der Waals surface area contributed by atoms with E-state index in [0.29, 0.717) is 11.5 Å². The average molecular weight is 441 g/mol. The Hall–Kier alpha value is -4.07. The maximum Gasteiger partial charge on any atom is 0.341 e. The molecule has 8 nitrogen and oxygen atoms in total. The molecule has 4 aromatic rings. The number of anilines is 2. The Balaban J connectivity index is 1.33. The Morgan fingerprint density at radius 1 is 0.848 bits per heavy atom. The molecule has 33 heavy (non-hydrogen) atoms. The Bertz CT molecular complexity index is 1260. The van der Waals surface area contributed by atoms with E-state index >= 15 is 0 Å². The van der Waals surface area contributed by atoms with Gasteiger partial charge in [0.15, 0.2) is 5.82 Å². The summed E-state index contributed by atoms with van der Waals surface area (Å²) in [6.45, 7) is 3.05. The standard InChI is InChI=1S/C25H24N6O2/c1-33-24(32)19-16-26-25(27-17-19)31-13-11-30(12-14-31)23-21-10-6-5-9-20(21)22(28-29-23)15-18-7-3-2-4-8-18/h2-10,16-17H,11-15H2,1H3. The van der Waals surface area contributed by atoms with Crippen molar-refractivity contribution in [3.05, 3.63) is 83.8 Å². The van der Waals surface area contributed by atoms with E-state index in [4.69, 9.17) is 4.74 Å². The van der Waals surface area contributed by atoms with Crippen molar-refractivity contribution in [2.24, 2.45) is 0 Å². The highest BCUT2D eigenvalue weighted by Gasteiger charge is 2.23. The molecule has 0 saturated carbocycles. The molecule has 0 radical (unpaired) electrons. The topological polar surface area (TPSA) is 84.3 Å². The summed E-state index contributed by atoms with van der Waals surface area (Å²) >= 11 is 0. The lowest BCUT2D eigenvalue weighted by molar-refractivity contribution is 0.0600. The number of hydrogen-bond donors (Lipinski definition) is 0. The average Bonchev–Trinajstić information content (AvgIpc) is 2.89. The number of carbonyl (C=O) groups excluding carboxylic acids is 1. The van der Waals surface area contributed by atoms with Crippen LogP contribution in [0.2, 0.25) is 0 Å². The zero-order valence-corrected chi connectivity index (χ0v) is 18.4. The summed E-state index contributed by atoms with van der Waals surface area (Å²) in [7, 11) is 1.34. The van der Waals surface area contributed by atoms with Gasteiger partial charge in [-0.1, -0.05) is 54.6 Å². The highest BCUT2D eigenvalue weighted by Crippen LogP contribution is 2.28. The first kappa shape index (κ1) is 20.8. The van der Waals surface area contributed by atoms with Crippen molar-refractivity contribution in [1.29, 1.82) is 0 Å². The predicted molar refractivity (Wildman–Crippen MR) is 127 cm³/mol. The van der Waals surface area contributed by atoms with Gasteiger partial charge in [-0.15, -0.1) is 5.10 Å². The molecule has 5 rings (SSSR count). The number of hydrogen-bond acceptors (Lipinski definition) is 8. The molecule has 0 aliphatic carbocycles. The summed E-state index contributed by atoms with van der Waals surface area (Å²) in [6, 6.07) is 18.7. The number of aromatic nitrogens is 4. The minimum absolute atomic E-state index is 0.345. The first-order chi connectivity index (χ1) is 16.2. The molecule has 0 bridgehead atoms. The van der Waals surface area contributed by atoms with Gasteiger partial charge >= 0.3 is 5.97 Å². The van der Waals surface area contributed by atoms with Crippen LogP contribution < -0.4 is 9.80 Å². The minimum Gasteiger partial charge on any atom is -0.465 e. The lowest BCUT2D eigenvalue weighted by Crippen LogP contribution is -2.47. The van der Waals surface area contributed by atoms with E-state index in [0.717, 1.165) is 54.9 Å². The van der Waals surface area contributed by atoms with E-state index in [2.05, 4.69) is 60.3 Å². The number of esters is 1. The summed E-state index contributed by atoms with van der Waals surface area (Å²) in [4.78, 5) is 24.6. The summed E-state index contributed by atoms with van der Waals surface area (Å²) in [5.41, 5.74) is 2.55. The summed E-state index contributed by atoms with van der Waals surface area (Å²) in [5, 5.41) is 11.5. The third kappa shape index (κ3) is 4.32. The number of piperazine rings is 1. The molecule has 2 aromatic heterocycles. The van der Waals surface area contributed by atoms with Gasteiger partial charge in [0, 0.05) is 55.8 Å². The first-order valence-electron chi connectivity index (χ1n) is 10.9. The fourth-order valence-electron chi connectivity index (χ4n) is 4.12. The second-order valence-corrected chi connectivity index (χ2v) is 7.92. The number of benzene rings is 2. The number of nitrogens with zero attached hydrogens (tertiary/aromatic N) is 6. The highest BCUT2D eigenvalue weighted by molar-refractivity contribution is 5.93. The molecule has 1 aliphatic heterocycles. The molecule has 3 heterocycles. The van der Waals surface area contributed by atoms with E-state index in [9.17, 15) is 4.79 Å². The van der Waals surface area contributed by atoms with Gasteiger partial charge in [0.05, 0.1) is 18.4 Å². The van der Waals surface area contributed by atoms with Crippen LogP contribution in [0, 0.1) is 0 Å². The molecule has 166 valence electrons. The molecule has 0 unspecified atom stereocenters. The van der Waals surface area contributed by atoms with Crippen LogP contribution in [0.15, 0.2) is 67.0 Å². The van der Waals surface area contributed by atoms with Gasteiger partial charge < -0.3 is 14.5 Å². The highest BCUT2D eigenvalue weighted by atomic mass is 16.5. The summed E-state index contributed by atoms with van der Waals surface area (Å²) < 4.78 is 4.71. The number of rotatable bonds is 5. The monoisotopic (exact) mass is 440 g/mol. The van der Waals surface area contributed by atoms with Crippen molar-refractivity contribution in [3.8, 4) is 0 Å². The molecule has 8 heteroatoms. The van der Waals surface area contributed by atoms with Crippen LogP contribution >= 0.6 is 0 Å². The third-order valence-corrected chi connectivity index (χ3v) is 5.88. The Morgan fingerprint density at radius 2 is 1.48 bits per heavy atom. The molecule has 0 N–H and O–H groups in total. The smallest absolute Gasteiger partial charge is 0.341 e. The zero-order chi connectivity index (χ0) is 22.6. The van der Waals surface area contributed by atoms with Gasteiger partial charge in [-0.05, 0) is 5.56 Å². The lowest BCUT2D eigenvalue weighted by Gasteiger charge is -2.35. The normalized spacial score (nSPS) is 13.8. The van der Waals surface area contributed by atoms with E-state index in [1.54, 1.807) is 0 Å². The summed E-state index contributed by atoms with van der Waals surface area (Å²) in [6.07, 6.45) is 3.76. The maximum absolute atomic E-state index is 11.6. The molecular weight excluding hydrogens is 416 g/mol.